The molecular formula is C47H80N2O21S6. The Labute approximate surface area is 469 Å². The molecule has 29 heteroatoms. The highest BCUT2D eigenvalue weighted by atomic mass is 33.1. The zero-order valence-corrected chi connectivity index (χ0v) is 49.7. The number of methoxy groups -OCH3 is 5. The summed E-state index contributed by atoms with van der Waals surface area (Å²) in [6.07, 6.45) is 7.00. The molecule has 5 unspecified atom stereocenters. The minimum atomic E-state index is -0.928. The van der Waals surface area contributed by atoms with Crippen molar-refractivity contribution >= 4 is 130 Å². The predicted molar refractivity (Wildman–Crippen MR) is 297 cm³/mol. The van der Waals surface area contributed by atoms with Crippen molar-refractivity contribution < 1.29 is 102 Å². The summed E-state index contributed by atoms with van der Waals surface area (Å²) in [7, 11) is 15.9. The molecule has 6 N–H and O–H groups in total. The van der Waals surface area contributed by atoms with Crippen molar-refractivity contribution in [2.45, 2.75) is 134 Å². The third kappa shape index (κ3) is 52.7. The van der Waals surface area contributed by atoms with Crippen LogP contribution in [0, 0.1) is 0 Å². The largest absolute Gasteiger partial charge is 0.469 e. The highest BCUT2D eigenvalue weighted by Crippen LogP contribution is 2.20. The van der Waals surface area contributed by atoms with Crippen LogP contribution in [-0.2, 0) is 76.4 Å². The van der Waals surface area contributed by atoms with Crippen molar-refractivity contribution in [1.29, 1.82) is 0 Å². The summed E-state index contributed by atoms with van der Waals surface area (Å²) in [6.45, 7) is 1.89. The number of nitrogens with zero attached hydrogens (tertiary/aromatic N) is 1. The van der Waals surface area contributed by atoms with Gasteiger partial charge in [-0.15, -0.1) is 0 Å². The Balaban J connectivity index is -0.000000433. The average molecular weight is 1200 g/mol. The number of esters is 5. The van der Waals surface area contributed by atoms with Crippen LogP contribution in [0.2, 0.25) is 0 Å². The number of hydrogen-bond donors (Lipinski definition) is 6. The minimum absolute atomic E-state index is 0.0342. The summed E-state index contributed by atoms with van der Waals surface area (Å²) >= 11 is 0. The van der Waals surface area contributed by atoms with Crippen LogP contribution in [0.15, 0.2) is 12.2 Å². The molecule has 0 aromatic carbocycles. The Bertz CT molecular complexity index is 1670. The molecule has 3 amide bonds. The van der Waals surface area contributed by atoms with Gasteiger partial charge in [-0.3, -0.25) is 57.6 Å². The molecule has 1 aliphatic heterocycles. The lowest BCUT2D eigenvalue weighted by Gasteiger charge is -2.13. The highest BCUT2D eigenvalue weighted by Gasteiger charge is 2.24. The van der Waals surface area contributed by atoms with Gasteiger partial charge in [0.1, 0.15) is 17.3 Å². The fourth-order valence-corrected chi connectivity index (χ4v) is 8.74. The number of ether oxygens (including phenoxy) is 5. The smallest absolute Gasteiger partial charge is 0.308 e. The molecule has 76 heavy (non-hydrogen) atoms. The van der Waals surface area contributed by atoms with Gasteiger partial charge in [0.15, 0.2) is 0 Å². The summed E-state index contributed by atoms with van der Waals surface area (Å²) in [5, 5.41) is 49.2. The number of carbonyl (C=O) groups is 11. The molecule has 5 atom stereocenters. The van der Waals surface area contributed by atoms with E-state index in [1.54, 1.807) is 60.9 Å². The maximum absolute atomic E-state index is 11.6. The Morgan fingerprint density at radius 2 is 0.829 bits per heavy atom. The van der Waals surface area contributed by atoms with E-state index in [9.17, 15) is 73.2 Å². The molecule has 1 aliphatic rings. The third-order valence-electron chi connectivity index (χ3n) is 9.35. The van der Waals surface area contributed by atoms with E-state index in [0.717, 1.165) is 28.6 Å². The number of ketones is 3. The number of aliphatic hydroxyl groups is 5. The van der Waals surface area contributed by atoms with E-state index in [-0.39, 0.29) is 93.7 Å². The number of amides is 3. The van der Waals surface area contributed by atoms with Gasteiger partial charge in [-0.2, -0.15) is 0 Å². The van der Waals surface area contributed by atoms with Crippen molar-refractivity contribution in [3.63, 3.8) is 0 Å². The van der Waals surface area contributed by atoms with Gasteiger partial charge in [0, 0.05) is 87.4 Å². The summed E-state index contributed by atoms with van der Waals surface area (Å²) in [6, 6.07) is 0. The van der Waals surface area contributed by atoms with Crippen LogP contribution >= 0.6 is 64.8 Å². The lowest BCUT2D eigenvalue weighted by atomic mass is 10.1. The van der Waals surface area contributed by atoms with Gasteiger partial charge in [0.05, 0.1) is 98.2 Å². The zero-order valence-electron chi connectivity index (χ0n) is 44.8. The van der Waals surface area contributed by atoms with Crippen molar-refractivity contribution in [3.05, 3.63) is 12.2 Å². The molecule has 0 aromatic rings. The Hall–Kier alpha value is -3.39. The van der Waals surface area contributed by atoms with Gasteiger partial charge < -0.3 is 54.5 Å². The van der Waals surface area contributed by atoms with Crippen LogP contribution in [0.5, 0.6) is 0 Å². The van der Waals surface area contributed by atoms with Crippen LogP contribution in [-0.4, -0.2) is 211 Å². The van der Waals surface area contributed by atoms with Gasteiger partial charge in [-0.1, -0.05) is 71.7 Å². The number of hydrogen-bond acceptors (Lipinski definition) is 27. The van der Waals surface area contributed by atoms with E-state index in [2.05, 4.69) is 29.0 Å². The molecule has 0 bridgehead atoms. The quantitative estimate of drug-likeness (QED) is 0.0172. The van der Waals surface area contributed by atoms with E-state index < -0.39 is 66.2 Å². The predicted octanol–water partition coefficient (Wildman–Crippen LogP) is 3.26. The lowest BCUT2D eigenvalue weighted by Crippen LogP contribution is -2.33. The fraction of sp³-hybridized carbons (Fsp3) is 0.723. The van der Waals surface area contributed by atoms with Gasteiger partial charge in [-0.25, -0.2) is 0 Å². The van der Waals surface area contributed by atoms with E-state index in [1.807, 2.05) is 18.8 Å². The molecule has 0 fully saturated rings. The molecule has 0 aliphatic carbocycles. The van der Waals surface area contributed by atoms with E-state index in [1.165, 1.54) is 46.3 Å². The van der Waals surface area contributed by atoms with Crippen LogP contribution in [0.4, 0.5) is 0 Å². The summed E-state index contributed by atoms with van der Waals surface area (Å²) < 4.78 is 22.0. The topological polar surface area (TPSA) is 350 Å². The lowest BCUT2D eigenvalue weighted by molar-refractivity contribution is -0.144. The molecule has 0 saturated carbocycles. The summed E-state index contributed by atoms with van der Waals surface area (Å²) in [5.41, 5.74) is 0. The van der Waals surface area contributed by atoms with Crippen LogP contribution in [0.3, 0.4) is 0 Å². The molecule has 0 radical (unpaired) electrons. The van der Waals surface area contributed by atoms with E-state index in [0.29, 0.717) is 50.7 Å². The second-order valence-corrected chi connectivity index (χ2v) is 23.4. The monoisotopic (exact) mass is 1200 g/mol. The molecule has 1 heterocycles. The molecule has 440 valence electrons. The summed E-state index contributed by atoms with van der Waals surface area (Å²) in [5.74, 6) is -1.09. The first kappa shape index (κ1) is 79.1. The molecular weight excluding hydrogens is 1120 g/mol. The molecule has 0 spiro atoms. The second kappa shape index (κ2) is 53.6. The van der Waals surface area contributed by atoms with Gasteiger partial charge in [0.2, 0.25) is 5.91 Å². The standard InChI is InChI=1S/C13H17NO6.C10H18O4S2.C9H17NO4S2.C9H16O4.C6H12O3S2/c1-20-13(19)8-10(16)3-2-9(15)6-7-14-11(17)4-5-12(14)18;1-14-10(13)7-9(12)4-3-8(11)5-6-16-15-2;1-14-9(13)5-7(11)6-10-8(12)3-4-16-15-2;1-3-7(10)4-5-8(11)6-9(12)13-2;1-9-6(8)3-5(7)4-11-10-2/h4-5,10,16H,2-3,6-8H2,1H3;9,12H,3-7H2,1-2H3;7,11H,3-6H2,1-2H3,(H,10,12);8,11H,3-6H2,1-2H3;5,7H,3-4H2,1-2H3. The number of Topliss-reactive ketones (excluding diaryl/α,β-unsaturated/α-hetero) is 3. The third-order valence-corrected chi connectivity index (χ3v) is 14.9. The van der Waals surface area contributed by atoms with Crippen LogP contribution in [0.25, 0.3) is 0 Å². The first-order valence-electron chi connectivity index (χ1n) is 23.5. The number of rotatable bonds is 36. The van der Waals surface area contributed by atoms with E-state index >= 15 is 0 Å². The van der Waals surface area contributed by atoms with Crippen molar-refractivity contribution in [3.8, 4) is 0 Å². The van der Waals surface area contributed by atoms with Crippen molar-refractivity contribution in [1.82, 2.24) is 10.2 Å². The van der Waals surface area contributed by atoms with Crippen molar-refractivity contribution in [2.75, 3.05) is 84.7 Å². The molecule has 23 nitrogen and oxygen atoms in total. The van der Waals surface area contributed by atoms with Crippen LogP contribution in [0.1, 0.15) is 103 Å². The minimum Gasteiger partial charge on any atom is -0.469 e. The fourth-order valence-electron chi connectivity index (χ4n) is 5.04. The normalized spacial score (nSPS) is 13.1. The van der Waals surface area contributed by atoms with Gasteiger partial charge in [0.25, 0.3) is 11.8 Å². The zero-order chi connectivity index (χ0) is 58.9. The molecule has 0 saturated heterocycles. The Morgan fingerprint density at radius 3 is 1.20 bits per heavy atom. The first-order chi connectivity index (χ1) is 35.9. The molecule has 0 aromatic heterocycles. The highest BCUT2D eigenvalue weighted by molar-refractivity contribution is 8.77. The van der Waals surface area contributed by atoms with Gasteiger partial charge in [-0.05, 0) is 38.0 Å². The second-order valence-electron chi connectivity index (χ2n) is 15.4. The number of imide groups is 1. The maximum atomic E-state index is 11.6. The first-order valence-corrected chi connectivity index (χ1v) is 31.7. The van der Waals surface area contributed by atoms with Gasteiger partial charge >= 0.3 is 29.8 Å². The Kier molecular flexibility index (Phi) is 55.8. The SMILES string of the molecule is CCC(=O)CCC(O)CC(=O)OC.COC(=O)CC(O)CCC(=O)CCN1C(=O)C=CC1=O.COC(=O)CC(O)CCC(=O)CCSSC.COC(=O)CC(O)CNC(=O)CCSSC.COC(=O)CC(O)CSSC. The number of aliphatic hydroxyl groups excluding tert-OH is 5. The van der Waals surface area contributed by atoms with Crippen molar-refractivity contribution in [2.24, 2.45) is 0 Å². The van der Waals surface area contributed by atoms with E-state index in [4.69, 9.17) is 5.11 Å². The molecule has 1 rings (SSSR count). The summed E-state index contributed by atoms with van der Waals surface area (Å²) in [4.78, 5) is 122. The number of carbonyl (C=O) groups excluding carboxylic acids is 11. The Morgan fingerprint density at radius 1 is 0.487 bits per heavy atom. The maximum Gasteiger partial charge on any atom is 0.308 e. The number of nitrogens with one attached hydrogen (secondary N) is 1. The van der Waals surface area contributed by atoms with Crippen LogP contribution < -0.4 is 5.32 Å². The average Bonchev–Trinajstić information content (AvgIpc) is 3.72.